The summed E-state index contributed by atoms with van der Waals surface area (Å²) in [7, 11) is 2.12. The molecule has 1 amide bonds. The third-order valence-electron chi connectivity index (χ3n) is 8.05. The monoisotopic (exact) mass is 591 g/mol. The van der Waals surface area contributed by atoms with Crippen LogP contribution in [0.3, 0.4) is 0 Å². The number of anilines is 1. The van der Waals surface area contributed by atoms with Gasteiger partial charge < -0.3 is 28.9 Å². The molecule has 1 aromatic heterocycles. The van der Waals surface area contributed by atoms with E-state index >= 15 is 0 Å². The highest BCUT2D eigenvalue weighted by molar-refractivity contribution is 6.36. The summed E-state index contributed by atoms with van der Waals surface area (Å²) in [4.78, 5) is 28.6. The predicted octanol–water partition coefficient (Wildman–Crippen LogP) is 5.79. The van der Waals surface area contributed by atoms with Crippen molar-refractivity contribution in [1.82, 2.24) is 19.8 Å². The molecule has 9 nitrogen and oxygen atoms in total. The second-order valence-electron chi connectivity index (χ2n) is 12.2. The fourth-order valence-electron chi connectivity index (χ4n) is 5.82. The Labute approximate surface area is 252 Å². The molecule has 3 aromatic rings. The summed E-state index contributed by atoms with van der Waals surface area (Å²) in [6.45, 7) is 9.53. The molecule has 0 spiro atoms. The SMILES string of the molecule is CN1CCC[C@H]1COc1nc2c(c(N3CCN(C(=O)OC(C)(C)C)CC3)n1)CC=C(c1cccc3cccc(Cl)c13)O2. The van der Waals surface area contributed by atoms with Gasteiger partial charge in [-0.15, -0.1) is 0 Å². The van der Waals surface area contributed by atoms with Crippen molar-refractivity contribution < 1.29 is 19.0 Å². The first-order valence-electron chi connectivity index (χ1n) is 14.7. The number of halogens is 1. The van der Waals surface area contributed by atoms with E-state index in [-0.39, 0.29) is 6.09 Å². The van der Waals surface area contributed by atoms with E-state index in [0.717, 1.165) is 47.1 Å². The van der Waals surface area contributed by atoms with Crippen molar-refractivity contribution in [1.29, 1.82) is 0 Å². The van der Waals surface area contributed by atoms with Crippen LogP contribution in [0.4, 0.5) is 10.6 Å². The third kappa shape index (κ3) is 5.99. The first kappa shape index (κ1) is 28.6. The molecule has 2 aromatic carbocycles. The molecule has 2 saturated heterocycles. The van der Waals surface area contributed by atoms with Gasteiger partial charge in [0.2, 0.25) is 5.88 Å². The van der Waals surface area contributed by atoms with Crippen LogP contribution in [-0.2, 0) is 11.2 Å². The number of hydrogen-bond acceptors (Lipinski definition) is 8. The highest BCUT2D eigenvalue weighted by Gasteiger charge is 2.31. The second kappa shape index (κ2) is 11.6. The number of allylic oxidation sites excluding steroid dienone is 1. The number of likely N-dealkylation sites (tertiary alicyclic amines) is 1. The predicted molar refractivity (Wildman–Crippen MR) is 164 cm³/mol. The van der Waals surface area contributed by atoms with Crippen LogP contribution in [0.25, 0.3) is 16.5 Å². The molecule has 1 atom stereocenters. The summed E-state index contributed by atoms with van der Waals surface area (Å²) in [6.07, 6.45) is 4.62. The molecule has 6 rings (SSSR count). The van der Waals surface area contributed by atoms with Crippen LogP contribution in [0.15, 0.2) is 42.5 Å². The highest BCUT2D eigenvalue weighted by Crippen LogP contribution is 2.39. The van der Waals surface area contributed by atoms with Gasteiger partial charge in [-0.2, -0.15) is 9.97 Å². The minimum atomic E-state index is -0.532. The Morgan fingerprint density at radius 2 is 1.83 bits per heavy atom. The number of ether oxygens (including phenoxy) is 3. The van der Waals surface area contributed by atoms with Gasteiger partial charge in [-0.1, -0.05) is 41.9 Å². The number of amides is 1. The van der Waals surface area contributed by atoms with Crippen LogP contribution in [0, 0.1) is 0 Å². The molecule has 0 unspecified atom stereocenters. The lowest BCUT2D eigenvalue weighted by molar-refractivity contribution is 0.0240. The quantitative estimate of drug-likeness (QED) is 0.369. The summed E-state index contributed by atoms with van der Waals surface area (Å²) in [5.74, 6) is 1.98. The Bertz CT molecular complexity index is 1510. The summed E-state index contributed by atoms with van der Waals surface area (Å²) in [5.41, 5.74) is 1.29. The number of fused-ring (bicyclic) bond motifs is 2. The van der Waals surface area contributed by atoms with Crippen molar-refractivity contribution in [2.75, 3.05) is 51.3 Å². The Balaban J connectivity index is 1.28. The molecule has 10 heteroatoms. The van der Waals surface area contributed by atoms with Gasteiger partial charge in [0, 0.05) is 54.6 Å². The number of likely N-dealkylation sites (N-methyl/N-ethyl adjacent to an activating group) is 1. The molecule has 3 aliphatic heterocycles. The Morgan fingerprint density at radius 3 is 2.55 bits per heavy atom. The molecule has 4 heterocycles. The molecular formula is C32H38ClN5O4. The maximum Gasteiger partial charge on any atom is 0.410 e. The molecule has 2 fully saturated rings. The number of benzene rings is 2. The van der Waals surface area contributed by atoms with Gasteiger partial charge in [-0.05, 0) is 64.7 Å². The third-order valence-corrected chi connectivity index (χ3v) is 8.37. The molecule has 3 aliphatic rings. The van der Waals surface area contributed by atoms with Crippen LogP contribution in [-0.4, -0.2) is 83.9 Å². The van der Waals surface area contributed by atoms with E-state index in [0.29, 0.717) is 67.9 Å². The highest BCUT2D eigenvalue weighted by atomic mass is 35.5. The number of nitrogens with zero attached hydrogens (tertiary/aromatic N) is 5. The summed E-state index contributed by atoms with van der Waals surface area (Å²) in [5, 5.41) is 2.67. The lowest BCUT2D eigenvalue weighted by Gasteiger charge is -2.37. The standard InChI is InChI=1S/C32H38ClN5O4/c1-32(2,3)42-31(39)38-18-16-37(17-19-38)28-24-13-14-26(23-11-5-8-21-9-6-12-25(33)27(21)23)41-29(24)35-30(34-28)40-20-22-10-7-15-36(22)4/h5-6,8-9,11-12,14,22H,7,10,13,15-20H2,1-4H3/t22-/m0/s1. The van der Waals surface area contributed by atoms with Gasteiger partial charge in [0.25, 0.3) is 0 Å². The van der Waals surface area contributed by atoms with Gasteiger partial charge in [0.1, 0.15) is 23.8 Å². The van der Waals surface area contributed by atoms with E-state index in [1.807, 2.05) is 57.2 Å². The zero-order valence-electron chi connectivity index (χ0n) is 24.7. The van der Waals surface area contributed by atoms with E-state index in [2.05, 4.69) is 22.9 Å². The second-order valence-corrected chi connectivity index (χ2v) is 12.6. The minimum absolute atomic E-state index is 0.291. The first-order chi connectivity index (χ1) is 20.2. The fraction of sp³-hybridized carbons (Fsp3) is 0.469. The van der Waals surface area contributed by atoms with Crippen LogP contribution in [0.1, 0.15) is 44.7 Å². The van der Waals surface area contributed by atoms with Gasteiger partial charge in [0.05, 0.1) is 5.56 Å². The van der Waals surface area contributed by atoms with Crippen LogP contribution >= 0.6 is 11.6 Å². The Kier molecular flexibility index (Phi) is 7.89. The van der Waals surface area contributed by atoms with Gasteiger partial charge in [-0.3, -0.25) is 0 Å². The lowest BCUT2D eigenvalue weighted by Crippen LogP contribution is -2.50. The smallest absolute Gasteiger partial charge is 0.410 e. The van der Waals surface area contributed by atoms with Gasteiger partial charge in [0.15, 0.2) is 0 Å². The van der Waals surface area contributed by atoms with Crippen molar-refractivity contribution in [3.05, 3.63) is 58.6 Å². The number of carbonyl (C=O) groups excluding carboxylic acids is 1. The molecule has 222 valence electrons. The van der Waals surface area contributed by atoms with Crippen LogP contribution in [0.5, 0.6) is 11.9 Å². The molecule has 0 bridgehead atoms. The molecule has 0 saturated carbocycles. The van der Waals surface area contributed by atoms with Crippen molar-refractivity contribution in [3.63, 3.8) is 0 Å². The maximum absolute atomic E-state index is 12.7. The summed E-state index contributed by atoms with van der Waals surface area (Å²) >= 11 is 6.64. The average Bonchev–Trinajstić information content (AvgIpc) is 3.38. The normalized spacial score (nSPS) is 19.4. The van der Waals surface area contributed by atoms with E-state index < -0.39 is 5.60 Å². The molecule has 0 N–H and O–H groups in total. The van der Waals surface area contributed by atoms with Crippen molar-refractivity contribution >= 4 is 40.0 Å². The minimum Gasteiger partial charge on any atom is -0.462 e. The lowest BCUT2D eigenvalue weighted by atomic mass is 10.0. The van der Waals surface area contributed by atoms with Gasteiger partial charge >= 0.3 is 12.1 Å². The number of carbonyl (C=O) groups is 1. The van der Waals surface area contributed by atoms with E-state index in [9.17, 15) is 4.79 Å². The summed E-state index contributed by atoms with van der Waals surface area (Å²) < 4.78 is 18.3. The molecule has 0 radical (unpaired) electrons. The summed E-state index contributed by atoms with van der Waals surface area (Å²) in [6, 6.07) is 12.6. The largest absolute Gasteiger partial charge is 0.462 e. The van der Waals surface area contributed by atoms with E-state index in [4.69, 9.17) is 35.8 Å². The van der Waals surface area contributed by atoms with Crippen molar-refractivity contribution in [2.24, 2.45) is 0 Å². The zero-order valence-corrected chi connectivity index (χ0v) is 25.5. The van der Waals surface area contributed by atoms with Crippen LogP contribution < -0.4 is 14.4 Å². The van der Waals surface area contributed by atoms with Gasteiger partial charge in [-0.25, -0.2) is 4.79 Å². The number of rotatable bonds is 5. The number of aromatic nitrogens is 2. The number of hydrogen-bond donors (Lipinski definition) is 0. The Morgan fingerprint density at radius 1 is 1.07 bits per heavy atom. The van der Waals surface area contributed by atoms with E-state index in [1.54, 1.807) is 4.90 Å². The average molecular weight is 592 g/mol. The van der Waals surface area contributed by atoms with Crippen molar-refractivity contribution in [3.8, 4) is 11.9 Å². The van der Waals surface area contributed by atoms with Crippen molar-refractivity contribution in [2.45, 2.75) is 51.7 Å². The first-order valence-corrected chi connectivity index (χ1v) is 15.1. The molecular weight excluding hydrogens is 554 g/mol. The zero-order chi connectivity index (χ0) is 29.4. The number of piperazine rings is 1. The topological polar surface area (TPSA) is 80.3 Å². The molecule has 0 aliphatic carbocycles. The maximum atomic E-state index is 12.7. The van der Waals surface area contributed by atoms with E-state index in [1.165, 1.54) is 0 Å². The fourth-order valence-corrected chi connectivity index (χ4v) is 6.10. The van der Waals surface area contributed by atoms with Crippen LogP contribution in [0.2, 0.25) is 5.02 Å². The molecule has 42 heavy (non-hydrogen) atoms. The Hall–Kier alpha value is -3.56.